The van der Waals surface area contributed by atoms with Crippen LogP contribution in [0.25, 0.3) is 0 Å². The van der Waals surface area contributed by atoms with Crippen LogP contribution in [0.1, 0.15) is 51.1 Å². The van der Waals surface area contributed by atoms with Crippen molar-refractivity contribution in [1.29, 1.82) is 0 Å². The Bertz CT molecular complexity index is 358. The van der Waals surface area contributed by atoms with Crippen molar-refractivity contribution in [3.8, 4) is 0 Å². The molecule has 2 N–H and O–H groups in total. The molecule has 1 aromatic rings. The van der Waals surface area contributed by atoms with Crippen LogP contribution in [0.4, 0.5) is 0 Å². The molecule has 2 rings (SSSR count). The summed E-state index contributed by atoms with van der Waals surface area (Å²) in [6, 6.07) is 3.93. The van der Waals surface area contributed by atoms with Crippen molar-refractivity contribution in [3.63, 3.8) is 0 Å². The largest absolute Gasteiger partial charge is 0.373 e. The van der Waals surface area contributed by atoms with Crippen LogP contribution in [0.15, 0.2) is 24.5 Å². The summed E-state index contributed by atoms with van der Waals surface area (Å²) in [5, 5.41) is 0. The third-order valence-electron chi connectivity index (χ3n) is 4.16. The predicted octanol–water partition coefficient (Wildman–Crippen LogP) is 3.07. The molecule has 1 aliphatic rings. The molecule has 1 fully saturated rings. The molecule has 100 valence electrons. The summed E-state index contributed by atoms with van der Waals surface area (Å²) in [6.07, 6.45) is 8.16. The minimum absolute atomic E-state index is 0.0707. The van der Waals surface area contributed by atoms with Gasteiger partial charge in [-0.2, -0.15) is 0 Å². The number of hydrogen-bond acceptors (Lipinski definition) is 3. The number of aromatic nitrogens is 1. The predicted molar refractivity (Wildman–Crippen MR) is 73.2 cm³/mol. The molecule has 0 bridgehead atoms. The van der Waals surface area contributed by atoms with Gasteiger partial charge in [0.2, 0.25) is 0 Å². The number of pyridine rings is 1. The van der Waals surface area contributed by atoms with Crippen molar-refractivity contribution < 1.29 is 4.74 Å². The first kappa shape index (κ1) is 13.5. The van der Waals surface area contributed by atoms with Gasteiger partial charge in [-0.3, -0.25) is 4.98 Å². The van der Waals surface area contributed by atoms with Crippen LogP contribution in [0.3, 0.4) is 0 Å². The van der Waals surface area contributed by atoms with Crippen molar-refractivity contribution in [2.45, 2.75) is 51.2 Å². The summed E-state index contributed by atoms with van der Waals surface area (Å²) < 4.78 is 6.08. The zero-order valence-corrected chi connectivity index (χ0v) is 11.4. The highest BCUT2D eigenvalue weighted by Crippen LogP contribution is 2.41. The van der Waals surface area contributed by atoms with Gasteiger partial charge >= 0.3 is 0 Å². The molecular formula is C15H24N2O. The summed E-state index contributed by atoms with van der Waals surface area (Å²) >= 11 is 0. The topological polar surface area (TPSA) is 48.1 Å². The van der Waals surface area contributed by atoms with Crippen LogP contribution in [0.2, 0.25) is 0 Å². The van der Waals surface area contributed by atoms with Crippen LogP contribution >= 0.6 is 0 Å². The second kappa shape index (κ2) is 5.81. The quantitative estimate of drug-likeness (QED) is 0.890. The lowest BCUT2D eigenvalue weighted by atomic mass is 9.74. The molecule has 0 aliphatic heterocycles. The molecule has 1 aromatic heterocycles. The van der Waals surface area contributed by atoms with E-state index in [2.05, 4.69) is 24.9 Å². The van der Waals surface area contributed by atoms with Gasteiger partial charge in [0.05, 0.1) is 11.6 Å². The van der Waals surface area contributed by atoms with E-state index in [1.54, 1.807) is 6.20 Å². The lowest BCUT2D eigenvalue weighted by molar-refractivity contribution is -0.0897. The Balaban J connectivity index is 2.19. The van der Waals surface area contributed by atoms with Gasteiger partial charge in [0.15, 0.2) is 0 Å². The third-order valence-corrected chi connectivity index (χ3v) is 4.16. The highest BCUT2D eigenvalue weighted by Gasteiger charge is 2.41. The Morgan fingerprint density at radius 2 is 2.22 bits per heavy atom. The fourth-order valence-electron chi connectivity index (χ4n) is 2.95. The molecule has 0 amide bonds. The van der Waals surface area contributed by atoms with Crippen molar-refractivity contribution in [2.75, 3.05) is 6.61 Å². The SMILES string of the molecule is CCOC1(C(N)c2cccnc2)CCC(C)CC1. The van der Waals surface area contributed by atoms with E-state index >= 15 is 0 Å². The Labute approximate surface area is 110 Å². The maximum Gasteiger partial charge on any atom is 0.0874 e. The standard InChI is InChI=1S/C15H24N2O/c1-3-18-15(8-6-12(2)7-9-15)14(16)13-5-4-10-17-11-13/h4-5,10-12,14H,3,6-9,16H2,1-2H3. The van der Waals surface area contributed by atoms with Crippen LogP contribution in [-0.2, 0) is 4.74 Å². The molecule has 1 saturated carbocycles. The zero-order chi connectivity index (χ0) is 13.0. The second-order valence-electron chi connectivity index (χ2n) is 5.44. The van der Waals surface area contributed by atoms with E-state index in [1.807, 2.05) is 12.3 Å². The molecule has 0 saturated heterocycles. The fourth-order valence-corrected chi connectivity index (χ4v) is 2.95. The average Bonchev–Trinajstić information content (AvgIpc) is 2.42. The molecule has 0 aromatic carbocycles. The lowest BCUT2D eigenvalue weighted by Gasteiger charge is -2.43. The maximum absolute atomic E-state index is 6.47. The number of hydrogen-bond donors (Lipinski definition) is 1. The number of ether oxygens (including phenoxy) is 1. The summed E-state index contributed by atoms with van der Waals surface area (Å²) in [7, 11) is 0. The van der Waals surface area contributed by atoms with Gasteiger partial charge in [-0.25, -0.2) is 0 Å². The van der Waals surface area contributed by atoms with Crippen molar-refractivity contribution in [3.05, 3.63) is 30.1 Å². The molecule has 1 atom stereocenters. The minimum atomic E-state index is -0.190. The maximum atomic E-state index is 6.47. The van der Waals surface area contributed by atoms with Gasteiger partial charge < -0.3 is 10.5 Å². The summed E-state index contributed by atoms with van der Waals surface area (Å²) in [5.41, 5.74) is 7.36. The van der Waals surface area contributed by atoms with Gasteiger partial charge in [-0.15, -0.1) is 0 Å². The zero-order valence-electron chi connectivity index (χ0n) is 11.4. The number of rotatable bonds is 4. The second-order valence-corrected chi connectivity index (χ2v) is 5.44. The third kappa shape index (κ3) is 2.73. The minimum Gasteiger partial charge on any atom is -0.373 e. The van der Waals surface area contributed by atoms with E-state index < -0.39 is 0 Å². The van der Waals surface area contributed by atoms with E-state index in [0.29, 0.717) is 0 Å². The van der Waals surface area contributed by atoms with E-state index in [4.69, 9.17) is 10.5 Å². The van der Waals surface area contributed by atoms with Crippen LogP contribution in [0, 0.1) is 5.92 Å². The van der Waals surface area contributed by atoms with Gasteiger partial charge in [0.25, 0.3) is 0 Å². The smallest absolute Gasteiger partial charge is 0.0874 e. The summed E-state index contributed by atoms with van der Waals surface area (Å²) in [4.78, 5) is 4.17. The normalized spacial score (nSPS) is 30.1. The van der Waals surface area contributed by atoms with Crippen LogP contribution in [0.5, 0.6) is 0 Å². The first-order valence-electron chi connectivity index (χ1n) is 6.97. The summed E-state index contributed by atoms with van der Waals surface area (Å²) in [5.74, 6) is 0.791. The summed E-state index contributed by atoms with van der Waals surface area (Å²) in [6.45, 7) is 5.09. The Hall–Kier alpha value is -0.930. The fraction of sp³-hybridized carbons (Fsp3) is 0.667. The number of nitrogens with zero attached hydrogens (tertiary/aromatic N) is 1. The van der Waals surface area contributed by atoms with Crippen molar-refractivity contribution in [1.82, 2.24) is 4.98 Å². The van der Waals surface area contributed by atoms with E-state index in [-0.39, 0.29) is 11.6 Å². The van der Waals surface area contributed by atoms with Crippen LogP contribution < -0.4 is 5.73 Å². The van der Waals surface area contributed by atoms with Crippen molar-refractivity contribution >= 4 is 0 Å². The lowest BCUT2D eigenvalue weighted by Crippen LogP contribution is -2.46. The molecule has 1 heterocycles. The molecule has 3 heteroatoms. The van der Waals surface area contributed by atoms with E-state index in [1.165, 1.54) is 12.8 Å². The highest BCUT2D eigenvalue weighted by atomic mass is 16.5. The first-order chi connectivity index (χ1) is 8.68. The first-order valence-corrected chi connectivity index (χ1v) is 6.97. The highest BCUT2D eigenvalue weighted by molar-refractivity contribution is 5.18. The van der Waals surface area contributed by atoms with Gasteiger partial charge in [0, 0.05) is 19.0 Å². The molecular weight excluding hydrogens is 224 g/mol. The number of nitrogens with two attached hydrogens (primary N) is 1. The van der Waals surface area contributed by atoms with Crippen molar-refractivity contribution in [2.24, 2.45) is 11.7 Å². The van der Waals surface area contributed by atoms with Gasteiger partial charge in [0.1, 0.15) is 0 Å². The Morgan fingerprint density at radius 3 is 2.78 bits per heavy atom. The van der Waals surface area contributed by atoms with Gasteiger partial charge in [-0.1, -0.05) is 13.0 Å². The molecule has 0 radical (unpaired) electrons. The molecule has 0 spiro atoms. The van der Waals surface area contributed by atoms with Gasteiger partial charge in [-0.05, 0) is 50.2 Å². The van der Waals surface area contributed by atoms with E-state index in [9.17, 15) is 0 Å². The monoisotopic (exact) mass is 248 g/mol. The Kier molecular flexibility index (Phi) is 4.36. The molecule has 18 heavy (non-hydrogen) atoms. The van der Waals surface area contributed by atoms with E-state index in [0.717, 1.165) is 30.9 Å². The molecule has 1 unspecified atom stereocenters. The molecule has 3 nitrogen and oxygen atoms in total. The average molecular weight is 248 g/mol. The van der Waals surface area contributed by atoms with Crippen LogP contribution in [-0.4, -0.2) is 17.2 Å². The molecule has 1 aliphatic carbocycles. The Morgan fingerprint density at radius 1 is 1.50 bits per heavy atom.